The van der Waals surface area contributed by atoms with Gasteiger partial charge in [0.25, 0.3) is 0 Å². The average molecular weight is 570 g/mol. The van der Waals surface area contributed by atoms with Crippen LogP contribution >= 0.6 is 51.2 Å². The number of benzene rings is 2. The number of nitrogens with zero attached hydrogens (tertiary/aromatic N) is 1. The lowest BCUT2D eigenvalue weighted by Crippen LogP contribution is -2.42. The number of amides is 2. The zero-order valence-corrected chi connectivity index (χ0v) is 22.3. The van der Waals surface area contributed by atoms with Crippen molar-refractivity contribution in [3.05, 3.63) is 73.0 Å². The monoisotopic (exact) mass is 568 g/mol. The first-order valence-electron chi connectivity index (χ1n) is 11.5. The van der Waals surface area contributed by atoms with Gasteiger partial charge in [0, 0.05) is 20.5 Å². The second-order valence-corrected chi connectivity index (χ2v) is 13.7. The Morgan fingerprint density at radius 1 is 1.06 bits per heavy atom. The van der Waals surface area contributed by atoms with E-state index in [4.69, 9.17) is 12.2 Å². The first-order valence-corrected chi connectivity index (χ1v) is 14.4. The molecule has 3 fully saturated rings. The Labute approximate surface area is 219 Å². The van der Waals surface area contributed by atoms with Crippen molar-refractivity contribution in [3.8, 4) is 0 Å². The molecule has 7 rings (SSSR count). The number of aryl methyl sites for hydroxylation is 1. The number of anilines is 1. The molecule has 1 saturated heterocycles. The lowest BCUT2D eigenvalue weighted by atomic mass is 9.68. The molecule has 2 aromatic carbocycles. The van der Waals surface area contributed by atoms with Crippen molar-refractivity contribution < 1.29 is 9.59 Å². The molecular weight excluding hydrogens is 548 g/mol. The molecule has 172 valence electrons. The Hall–Kier alpha value is -1.74. The fourth-order valence-corrected chi connectivity index (χ4v) is 10.8. The van der Waals surface area contributed by atoms with E-state index in [1.54, 1.807) is 11.3 Å². The molecule has 2 aliphatic heterocycles. The summed E-state index contributed by atoms with van der Waals surface area (Å²) >= 11 is 12.7. The van der Waals surface area contributed by atoms with Crippen LogP contribution < -0.4 is 4.90 Å². The molecule has 2 saturated carbocycles. The number of hydrogen-bond donors (Lipinski definition) is 1. The van der Waals surface area contributed by atoms with E-state index < -0.39 is 0 Å². The number of aromatic amines is 1. The van der Waals surface area contributed by atoms with Crippen LogP contribution in [0.1, 0.15) is 28.3 Å². The van der Waals surface area contributed by atoms with Gasteiger partial charge in [-0.15, -0.1) is 23.1 Å². The van der Waals surface area contributed by atoms with Crippen LogP contribution in [0.15, 0.2) is 58.0 Å². The molecule has 8 heteroatoms. The van der Waals surface area contributed by atoms with Gasteiger partial charge in [0.1, 0.15) is 0 Å². The van der Waals surface area contributed by atoms with E-state index >= 15 is 0 Å². The van der Waals surface area contributed by atoms with E-state index in [0.717, 1.165) is 25.4 Å². The zero-order valence-electron chi connectivity index (χ0n) is 18.2. The number of carbonyl (C=O) groups is 2. The van der Waals surface area contributed by atoms with Gasteiger partial charge in [0.2, 0.25) is 11.8 Å². The lowest BCUT2D eigenvalue weighted by molar-refractivity contribution is -0.123. The summed E-state index contributed by atoms with van der Waals surface area (Å²) in [4.78, 5) is 33.6. The summed E-state index contributed by atoms with van der Waals surface area (Å²) < 4.78 is 1.85. The second-order valence-electron chi connectivity index (χ2n) is 9.86. The molecule has 4 aliphatic rings. The fraction of sp³-hybridized carbons (Fsp3) is 0.346. The van der Waals surface area contributed by atoms with Crippen LogP contribution in [-0.2, 0) is 9.59 Å². The summed E-state index contributed by atoms with van der Waals surface area (Å²) in [5.74, 6) is 0.471. The summed E-state index contributed by atoms with van der Waals surface area (Å²) in [5.41, 5.74) is 3.08. The number of H-pyrrole nitrogens is 1. The number of imide groups is 1. The third kappa shape index (κ3) is 2.92. The molecule has 7 atom stereocenters. The summed E-state index contributed by atoms with van der Waals surface area (Å²) in [6, 6.07) is 16.3. The van der Waals surface area contributed by atoms with Crippen LogP contribution in [0.25, 0.3) is 0 Å². The molecule has 34 heavy (non-hydrogen) atoms. The van der Waals surface area contributed by atoms with Crippen molar-refractivity contribution in [2.24, 2.45) is 29.6 Å². The van der Waals surface area contributed by atoms with Crippen LogP contribution in [0.2, 0.25) is 0 Å². The van der Waals surface area contributed by atoms with Crippen molar-refractivity contribution in [3.63, 3.8) is 0 Å². The van der Waals surface area contributed by atoms with Gasteiger partial charge < -0.3 is 4.98 Å². The predicted octanol–water partition coefficient (Wildman–Crippen LogP) is 6.55. The van der Waals surface area contributed by atoms with Gasteiger partial charge in [-0.1, -0.05) is 45.8 Å². The number of thiazole rings is 1. The highest BCUT2D eigenvalue weighted by Gasteiger charge is 2.69. The number of halogens is 1. The Morgan fingerprint density at radius 2 is 1.79 bits per heavy atom. The van der Waals surface area contributed by atoms with Gasteiger partial charge >= 0.3 is 0 Å². The topological polar surface area (TPSA) is 53.2 Å². The second kappa shape index (κ2) is 7.63. The molecule has 1 N–H and O–H groups in total. The number of carbonyl (C=O) groups excluding carboxylic acids is 2. The normalized spacial score (nSPS) is 33.2. The molecule has 4 nitrogen and oxygen atoms in total. The Bertz CT molecular complexity index is 1410. The zero-order chi connectivity index (χ0) is 23.3. The maximum atomic E-state index is 13.8. The molecular formula is C26H21BrN2O2S3. The van der Waals surface area contributed by atoms with Crippen molar-refractivity contribution in [1.82, 2.24) is 4.98 Å². The summed E-state index contributed by atoms with van der Waals surface area (Å²) in [6.45, 7) is 2.01. The van der Waals surface area contributed by atoms with E-state index in [1.165, 1.54) is 15.3 Å². The molecule has 3 aromatic rings. The van der Waals surface area contributed by atoms with Crippen LogP contribution in [-0.4, -0.2) is 22.0 Å². The highest BCUT2D eigenvalue weighted by Crippen LogP contribution is 2.69. The van der Waals surface area contributed by atoms with Crippen LogP contribution in [0.4, 0.5) is 5.69 Å². The minimum absolute atomic E-state index is 0.00436. The number of nitrogens with one attached hydrogen (secondary N) is 1. The number of rotatable bonds is 2. The van der Waals surface area contributed by atoms with Gasteiger partial charge in [0.05, 0.1) is 22.5 Å². The molecule has 0 spiro atoms. The predicted molar refractivity (Wildman–Crippen MR) is 141 cm³/mol. The minimum atomic E-state index is -0.219. The fourth-order valence-electron chi connectivity index (χ4n) is 7.04. The smallest absolute Gasteiger partial charge is 0.238 e. The Balaban J connectivity index is 1.33. The molecule has 0 radical (unpaired) electrons. The van der Waals surface area contributed by atoms with Gasteiger partial charge in [0.15, 0.2) is 3.95 Å². The number of hydrogen-bond acceptors (Lipinski definition) is 5. The van der Waals surface area contributed by atoms with Gasteiger partial charge in [-0.05, 0) is 73.1 Å². The number of fused-ring (bicyclic) bond motifs is 9. The van der Waals surface area contributed by atoms with Gasteiger partial charge in [-0.3, -0.25) is 14.5 Å². The molecule has 7 unspecified atom stereocenters. The third-order valence-electron chi connectivity index (χ3n) is 8.22. The van der Waals surface area contributed by atoms with E-state index in [1.807, 2.05) is 49.0 Å². The SMILES string of the molecule is Cc1ccc(N2C(=O)C3C4CC(C3C2=O)C2C(c3cccc(Br)c3)c3sc(=S)[nH]c3SC42)cc1. The highest BCUT2D eigenvalue weighted by atomic mass is 79.9. The highest BCUT2D eigenvalue weighted by molar-refractivity contribution is 9.10. The number of thioether (sulfide) groups is 1. The standard InChI is InChI=1S/C26H21BrN2O2S3/c1-11-5-7-14(8-6-11)29-24(30)19-15-10-16(20(19)25(29)31)21-18(15)17(12-3-2-4-13(27)9-12)22-23(33-21)28-26(32)34-22/h2-9,15-21H,10H2,1H3,(H,28,32). The first kappa shape index (κ1) is 21.5. The maximum Gasteiger partial charge on any atom is 0.238 e. The van der Waals surface area contributed by atoms with Gasteiger partial charge in [-0.2, -0.15) is 0 Å². The summed E-state index contributed by atoms with van der Waals surface area (Å²) in [5, 5.41) is 1.45. The lowest BCUT2D eigenvalue weighted by Gasteiger charge is -2.43. The van der Waals surface area contributed by atoms with E-state index in [0.29, 0.717) is 16.9 Å². The number of aromatic nitrogens is 1. The molecule has 2 amide bonds. The van der Waals surface area contributed by atoms with Crippen molar-refractivity contribution >= 4 is 68.7 Å². The van der Waals surface area contributed by atoms with E-state index in [-0.39, 0.29) is 41.4 Å². The van der Waals surface area contributed by atoms with Crippen molar-refractivity contribution in [2.45, 2.75) is 29.5 Å². The Kier molecular flexibility index (Phi) is 4.83. The summed E-state index contributed by atoms with van der Waals surface area (Å²) in [6.07, 6.45) is 0.955. The van der Waals surface area contributed by atoms with E-state index in [9.17, 15) is 9.59 Å². The third-order valence-corrected chi connectivity index (χ3v) is 11.7. The van der Waals surface area contributed by atoms with Crippen LogP contribution in [0, 0.1) is 40.5 Å². The van der Waals surface area contributed by atoms with Crippen molar-refractivity contribution in [1.29, 1.82) is 0 Å². The minimum Gasteiger partial charge on any atom is -0.332 e. The van der Waals surface area contributed by atoms with Gasteiger partial charge in [-0.25, -0.2) is 0 Å². The van der Waals surface area contributed by atoms with Crippen molar-refractivity contribution in [2.75, 3.05) is 4.90 Å². The Morgan fingerprint density at radius 3 is 2.53 bits per heavy atom. The molecule has 3 heterocycles. The first-order chi connectivity index (χ1) is 16.4. The van der Waals surface area contributed by atoms with E-state index in [2.05, 4.69) is 39.1 Å². The molecule has 2 aliphatic carbocycles. The van der Waals surface area contributed by atoms with Crippen LogP contribution in [0.3, 0.4) is 0 Å². The average Bonchev–Trinajstić information content (AvgIpc) is 3.53. The molecule has 1 aromatic heterocycles. The molecule has 2 bridgehead atoms. The maximum absolute atomic E-state index is 13.8. The largest absolute Gasteiger partial charge is 0.332 e. The van der Waals surface area contributed by atoms with Crippen LogP contribution in [0.5, 0.6) is 0 Å². The quantitative estimate of drug-likeness (QED) is 0.281. The summed E-state index contributed by atoms with van der Waals surface area (Å²) in [7, 11) is 0.